The Hall–Kier alpha value is -1.78. The molecule has 12 heteroatoms. The van der Waals surface area contributed by atoms with Crippen LogP contribution in [0.2, 0.25) is 0 Å². The molecule has 3 unspecified atom stereocenters. The highest BCUT2D eigenvalue weighted by atomic mass is 31.2. The number of aliphatic carboxylic acids is 1. The summed E-state index contributed by atoms with van der Waals surface area (Å²) in [5, 5.41) is 8.86. The van der Waals surface area contributed by atoms with Gasteiger partial charge in [0, 0.05) is 12.8 Å². The number of unbranched alkanes of at least 4 members (excludes halogenated alkanes) is 23. The molecule has 52 heavy (non-hydrogen) atoms. The van der Waals surface area contributed by atoms with Crippen LogP contribution in [0.15, 0.2) is 12.2 Å². The van der Waals surface area contributed by atoms with Gasteiger partial charge >= 0.3 is 25.7 Å². The lowest BCUT2D eigenvalue weighted by atomic mass is 10.0. The maximum Gasteiger partial charge on any atom is 0.472 e. The van der Waals surface area contributed by atoms with Crippen molar-refractivity contribution in [1.82, 2.24) is 0 Å². The van der Waals surface area contributed by atoms with Crippen LogP contribution in [-0.4, -0.2) is 59.9 Å². The highest BCUT2D eigenvalue weighted by Gasteiger charge is 2.28. The molecule has 0 aromatic heterocycles. The fourth-order valence-corrected chi connectivity index (χ4v) is 6.49. The van der Waals surface area contributed by atoms with Crippen molar-refractivity contribution in [1.29, 1.82) is 0 Å². The summed E-state index contributed by atoms with van der Waals surface area (Å²) in [6, 6.07) is -1.52. The number of phosphoric ester groups is 1. The predicted molar refractivity (Wildman–Crippen MR) is 208 cm³/mol. The van der Waals surface area contributed by atoms with Crippen LogP contribution in [0.3, 0.4) is 0 Å². The second-order valence-corrected chi connectivity index (χ2v) is 15.6. The number of carbonyl (C=O) groups excluding carboxylic acids is 2. The van der Waals surface area contributed by atoms with Gasteiger partial charge in [0.15, 0.2) is 6.10 Å². The second kappa shape index (κ2) is 36.2. The first kappa shape index (κ1) is 50.2. The van der Waals surface area contributed by atoms with Crippen LogP contribution in [-0.2, 0) is 37.5 Å². The third kappa shape index (κ3) is 35.3. The van der Waals surface area contributed by atoms with E-state index in [1.165, 1.54) is 89.9 Å². The Bertz CT molecular complexity index is 947. The quantitative estimate of drug-likeness (QED) is 0.0235. The Morgan fingerprint density at radius 1 is 0.577 bits per heavy atom. The topological polar surface area (TPSA) is 172 Å². The number of carbonyl (C=O) groups is 3. The van der Waals surface area contributed by atoms with E-state index >= 15 is 0 Å². The van der Waals surface area contributed by atoms with E-state index < -0.39 is 51.1 Å². The van der Waals surface area contributed by atoms with Gasteiger partial charge in [0.05, 0.1) is 13.2 Å². The van der Waals surface area contributed by atoms with Gasteiger partial charge in [-0.3, -0.25) is 23.4 Å². The maximum absolute atomic E-state index is 12.5. The van der Waals surface area contributed by atoms with E-state index in [4.69, 9.17) is 24.8 Å². The van der Waals surface area contributed by atoms with Gasteiger partial charge in [-0.1, -0.05) is 161 Å². The molecule has 0 fully saturated rings. The summed E-state index contributed by atoms with van der Waals surface area (Å²) in [6.45, 7) is 2.74. The van der Waals surface area contributed by atoms with E-state index in [0.717, 1.165) is 64.2 Å². The molecule has 0 aliphatic heterocycles. The largest absolute Gasteiger partial charge is 0.480 e. The van der Waals surface area contributed by atoms with Gasteiger partial charge in [0.25, 0.3) is 0 Å². The van der Waals surface area contributed by atoms with Crippen molar-refractivity contribution in [2.75, 3.05) is 19.8 Å². The van der Waals surface area contributed by atoms with Gasteiger partial charge in [0.1, 0.15) is 12.6 Å². The lowest BCUT2D eigenvalue weighted by Crippen LogP contribution is -2.34. The number of hydrogen-bond donors (Lipinski definition) is 3. The first-order valence-electron chi connectivity index (χ1n) is 20.7. The van der Waals surface area contributed by atoms with Gasteiger partial charge in [0.2, 0.25) is 0 Å². The molecule has 0 saturated carbocycles. The zero-order chi connectivity index (χ0) is 38.5. The minimum atomic E-state index is -4.71. The first-order chi connectivity index (χ1) is 25.1. The molecule has 306 valence electrons. The Morgan fingerprint density at radius 3 is 1.48 bits per heavy atom. The van der Waals surface area contributed by atoms with Gasteiger partial charge in [-0.05, 0) is 32.1 Å². The van der Waals surface area contributed by atoms with Crippen molar-refractivity contribution < 1.29 is 47.5 Å². The molecule has 11 nitrogen and oxygen atoms in total. The monoisotopic (exact) mass is 762 g/mol. The van der Waals surface area contributed by atoms with Gasteiger partial charge in [-0.15, -0.1) is 0 Å². The van der Waals surface area contributed by atoms with Crippen molar-refractivity contribution in [3.63, 3.8) is 0 Å². The first-order valence-corrected chi connectivity index (χ1v) is 22.2. The Labute approximate surface area is 316 Å². The molecule has 4 N–H and O–H groups in total. The molecule has 0 amide bonds. The third-order valence-corrected chi connectivity index (χ3v) is 9.95. The average molecular weight is 762 g/mol. The Morgan fingerprint density at radius 2 is 1.00 bits per heavy atom. The summed E-state index contributed by atoms with van der Waals surface area (Å²) >= 11 is 0. The number of allylic oxidation sites excluding steroid dienone is 2. The van der Waals surface area contributed by atoms with Crippen molar-refractivity contribution >= 4 is 25.7 Å². The lowest BCUT2D eigenvalue weighted by molar-refractivity contribution is -0.161. The molecule has 0 rings (SSSR count). The molecular formula is C40H76NO10P. The fraction of sp³-hybridized carbons (Fsp3) is 0.875. The molecule has 0 aliphatic carbocycles. The zero-order valence-electron chi connectivity index (χ0n) is 32.9. The number of carboxylic acid groups (broad SMARTS) is 1. The normalized spacial score (nSPS) is 13.9. The molecule has 0 bridgehead atoms. The number of rotatable bonds is 39. The molecule has 0 spiro atoms. The van der Waals surface area contributed by atoms with Crippen molar-refractivity contribution in [2.24, 2.45) is 5.73 Å². The van der Waals surface area contributed by atoms with Crippen LogP contribution in [0.5, 0.6) is 0 Å². The van der Waals surface area contributed by atoms with E-state index in [1.807, 2.05) is 0 Å². The number of nitrogens with two attached hydrogens (primary N) is 1. The summed E-state index contributed by atoms with van der Waals surface area (Å²) < 4.78 is 32.6. The second-order valence-electron chi connectivity index (χ2n) is 14.1. The average Bonchev–Trinajstić information content (AvgIpc) is 3.12. The number of hydrogen-bond acceptors (Lipinski definition) is 9. The molecule has 0 heterocycles. The van der Waals surface area contributed by atoms with Gasteiger partial charge in [-0.25, -0.2) is 4.57 Å². The van der Waals surface area contributed by atoms with Crippen LogP contribution in [0.4, 0.5) is 0 Å². The minimum absolute atomic E-state index is 0.154. The van der Waals surface area contributed by atoms with Gasteiger partial charge < -0.3 is 25.2 Å². The maximum atomic E-state index is 12.5. The molecule has 0 saturated heterocycles. The summed E-state index contributed by atoms with van der Waals surface area (Å²) in [5.41, 5.74) is 5.32. The summed E-state index contributed by atoms with van der Waals surface area (Å²) in [6.07, 6.45) is 34.3. The highest BCUT2D eigenvalue weighted by molar-refractivity contribution is 7.47. The fourth-order valence-electron chi connectivity index (χ4n) is 5.71. The molecule has 0 aromatic carbocycles. The highest BCUT2D eigenvalue weighted by Crippen LogP contribution is 2.43. The number of phosphoric acid groups is 1. The van der Waals surface area contributed by atoms with Crippen LogP contribution >= 0.6 is 7.82 Å². The van der Waals surface area contributed by atoms with E-state index in [0.29, 0.717) is 12.8 Å². The van der Waals surface area contributed by atoms with E-state index in [2.05, 4.69) is 30.5 Å². The van der Waals surface area contributed by atoms with E-state index in [1.54, 1.807) is 0 Å². The number of carboxylic acids is 1. The molecular weight excluding hydrogens is 685 g/mol. The molecule has 0 aromatic rings. The van der Waals surface area contributed by atoms with Crippen LogP contribution in [0.1, 0.15) is 194 Å². The molecule has 3 atom stereocenters. The standard InChI is InChI=1S/C40H76NO10P/c1-3-5-7-9-11-13-15-16-17-18-19-20-21-22-24-25-27-29-31-38(42)48-33-36(34-49-52(46,47)50-35-37(41)40(44)45)51-39(43)32-30-28-26-23-14-12-10-8-6-4-2/h8,10,36-37H,3-7,9,11-35,41H2,1-2H3,(H,44,45)(H,46,47)/b10-8-. The van der Waals surface area contributed by atoms with Crippen LogP contribution in [0.25, 0.3) is 0 Å². The smallest absolute Gasteiger partial charge is 0.472 e. The summed E-state index contributed by atoms with van der Waals surface area (Å²) in [5.74, 6) is -2.38. The predicted octanol–water partition coefficient (Wildman–Crippen LogP) is 10.5. The molecule has 0 radical (unpaired) electrons. The third-order valence-electron chi connectivity index (χ3n) is 8.99. The van der Waals surface area contributed by atoms with Crippen LogP contribution < -0.4 is 5.73 Å². The van der Waals surface area contributed by atoms with Crippen LogP contribution in [0, 0.1) is 0 Å². The van der Waals surface area contributed by atoms with Gasteiger partial charge in [-0.2, -0.15) is 0 Å². The lowest BCUT2D eigenvalue weighted by Gasteiger charge is -2.20. The Kier molecular flexibility index (Phi) is 35.0. The van der Waals surface area contributed by atoms with Crippen molar-refractivity contribution in [2.45, 2.75) is 206 Å². The number of esters is 2. The Balaban J connectivity index is 4.28. The van der Waals surface area contributed by atoms with E-state index in [-0.39, 0.29) is 19.4 Å². The summed E-state index contributed by atoms with van der Waals surface area (Å²) in [7, 11) is -4.71. The number of ether oxygens (including phenoxy) is 2. The van der Waals surface area contributed by atoms with Crippen molar-refractivity contribution in [3.05, 3.63) is 12.2 Å². The van der Waals surface area contributed by atoms with Crippen molar-refractivity contribution in [3.8, 4) is 0 Å². The zero-order valence-corrected chi connectivity index (χ0v) is 33.8. The van der Waals surface area contributed by atoms with E-state index in [9.17, 15) is 23.8 Å². The minimum Gasteiger partial charge on any atom is -0.480 e. The molecule has 0 aliphatic rings. The SMILES string of the molecule is CCC/C=C\CCCCCCCC(=O)OC(COC(=O)CCCCCCCCCCCCCCCCCCCC)COP(=O)(O)OCC(N)C(=O)O. The summed E-state index contributed by atoms with van der Waals surface area (Å²) in [4.78, 5) is 45.8.